The van der Waals surface area contributed by atoms with E-state index in [1.54, 1.807) is 76.8 Å². The third kappa shape index (κ3) is 8.51. The molecule has 0 spiro atoms. The second kappa shape index (κ2) is 14.0. The number of carbonyl (C=O) groups is 3. The highest BCUT2D eigenvalue weighted by Gasteiger charge is 2.28. The number of nitrogens with zero attached hydrogens (tertiary/aromatic N) is 3. The largest absolute Gasteiger partial charge is 0.442 e. The molecule has 12 heteroatoms. The van der Waals surface area contributed by atoms with E-state index in [9.17, 15) is 14.4 Å². The molecular weight excluding hydrogens is 644 g/mol. The van der Waals surface area contributed by atoms with Gasteiger partial charge in [-0.2, -0.15) is 0 Å². The first kappa shape index (κ1) is 31.7. The standard InChI is InChI=1S/C26H31Br2ClN4O5/c1-13(2)25(35)37-16(6)33(17(7)38-26(36)14(3)4)18-8-10-20(22(12-18)30-15(5)34)31-32-21-11-9-19(29)23(27)24(21)28/h8-14,16-17H,1-7H3,(H,30,34). The van der Waals surface area contributed by atoms with Crippen LogP contribution in [0.1, 0.15) is 48.5 Å². The molecule has 0 heterocycles. The predicted octanol–water partition coefficient (Wildman–Crippen LogP) is 8.14. The summed E-state index contributed by atoms with van der Waals surface area (Å²) >= 11 is 13.0. The van der Waals surface area contributed by atoms with Crippen LogP contribution in [0.4, 0.5) is 22.7 Å². The SMILES string of the molecule is CC(=O)Nc1cc(N(C(C)OC(=O)C(C)C)C(C)OC(=O)C(C)C)ccc1N=Nc1ccc(Cl)c(Br)c1Br. The highest BCUT2D eigenvalue weighted by molar-refractivity contribution is 9.13. The number of anilines is 2. The maximum atomic E-state index is 12.3. The van der Waals surface area contributed by atoms with Crippen molar-refractivity contribution < 1.29 is 23.9 Å². The van der Waals surface area contributed by atoms with Crippen LogP contribution >= 0.6 is 43.5 Å². The van der Waals surface area contributed by atoms with E-state index in [0.29, 0.717) is 36.7 Å². The molecule has 1 amide bonds. The molecule has 2 aromatic carbocycles. The van der Waals surface area contributed by atoms with Gasteiger partial charge in [0.2, 0.25) is 5.91 Å². The van der Waals surface area contributed by atoms with Gasteiger partial charge in [0.25, 0.3) is 0 Å². The third-order valence-corrected chi connectivity index (χ3v) is 7.87. The molecule has 0 saturated carbocycles. The summed E-state index contributed by atoms with van der Waals surface area (Å²) in [6.45, 7) is 11.7. The van der Waals surface area contributed by atoms with Crippen LogP contribution in [0.2, 0.25) is 5.02 Å². The van der Waals surface area contributed by atoms with E-state index in [-0.39, 0.29) is 17.7 Å². The van der Waals surface area contributed by atoms with Crippen molar-refractivity contribution in [3.05, 3.63) is 44.3 Å². The number of azo groups is 1. The smallest absolute Gasteiger partial charge is 0.310 e. The summed E-state index contributed by atoms with van der Waals surface area (Å²) in [4.78, 5) is 38.3. The van der Waals surface area contributed by atoms with Crippen LogP contribution in [0, 0.1) is 11.8 Å². The van der Waals surface area contributed by atoms with Crippen LogP contribution in [-0.2, 0) is 23.9 Å². The lowest BCUT2D eigenvalue weighted by molar-refractivity contribution is -0.157. The Morgan fingerprint density at radius 3 is 1.84 bits per heavy atom. The van der Waals surface area contributed by atoms with Crippen LogP contribution in [0.5, 0.6) is 0 Å². The summed E-state index contributed by atoms with van der Waals surface area (Å²) in [5.74, 6) is -1.83. The summed E-state index contributed by atoms with van der Waals surface area (Å²) in [5, 5.41) is 11.9. The Hall–Kier alpha value is -2.50. The van der Waals surface area contributed by atoms with Crippen molar-refractivity contribution in [3.8, 4) is 0 Å². The fraction of sp³-hybridized carbons (Fsp3) is 0.423. The van der Waals surface area contributed by atoms with Gasteiger partial charge in [0.05, 0.1) is 31.5 Å². The van der Waals surface area contributed by atoms with E-state index < -0.39 is 24.4 Å². The number of esters is 2. The Kier molecular flexibility index (Phi) is 11.7. The van der Waals surface area contributed by atoms with Crippen molar-refractivity contribution in [1.29, 1.82) is 0 Å². The minimum absolute atomic E-state index is 0.320. The Labute approximate surface area is 244 Å². The van der Waals surface area contributed by atoms with Crippen molar-refractivity contribution in [2.45, 2.75) is 60.9 Å². The maximum absolute atomic E-state index is 12.3. The number of hydrogen-bond acceptors (Lipinski definition) is 8. The zero-order valence-electron chi connectivity index (χ0n) is 22.2. The van der Waals surface area contributed by atoms with Gasteiger partial charge in [-0.15, -0.1) is 10.2 Å². The normalized spacial score (nSPS) is 12.9. The molecule has 9 nitrogen and oxygen atoms in total. The lowest BCUT2D eigenvalue weighted by Gasteiger charge is -2.36. The monoisotopic (exact) mass is 672 g/mol. The molecule has 0 aliphatic heterocycles. The van der Waals surface area contributed by atoms with Crippen LogP contribution in [0.25, 0.3) is 0 Å². The number of hydrogen-bond donors (Lipinski definition) is 1. The summed E-state index contributed by atoms with van der Waals surface area (Å²) in [6.07, 6.45) is -1.58. The fourth-order valence-corrected chi connectivity index (χ4v) is 4.23. The minimum Gasteiger partial charge on any atom is -0.442 e. The Balaban J connectivity index is 2.53. The first-order valence-electron chi connectivity index (χ1n) is 11.9. The van der Waals surface area contributed by atoms with Gasteiger partial charge in [0.15, 0.2) is 12.5 Å². The molecule has 206 valence electrons. The van der Waals surface area contributed by atoms with Crippen molar-refractivity contribution in [1.82, 2.24) is 0 Å². The molecule has 38 heavy (non-hydrogen) atoms. The zero-order chi connectivity index (χ0) is 28.7. The average Bonchev–Trinajstić information content (AvgIpc) is 2.82. The van der Waals surface area contributed by atoms with Crippen LogP contribution < -0.4 is 10.2 Å². The van der Waals surface area contributed by atoms with Gasteiger partial charge in [0.1, 0.15) is 11.4 Å². The molecule has 1 N–H and O–H groups in total. The van der Waals surface area contributed by atoms with E-state index in [1.807, 2.05) is 0 Å². The fourth-order valence-electron chi connectivity index (χ4n) is 3.20. The highest BCUT2D eigenvalue weighted by atomic mass is 79.9. The van der Waals surface area contributed by atoms with E-state index in [2.05, 4.69) is 47.4 Å². The summed E-state index contributed by atoms with van der Waals surface area (Å²) in [6, 6.07) is 8.41. The first-order chi connectivity index (χ1) is 17.7. The van der Waals surface area contributed by atoms with E-state index in [1.165, 1.54) is 6.92 Å². The molecule has 0 aliphatic rings. The molecule has 2 unspecified atom stereocenters. The maximum Gasteiger partial charge on any atom is 0.310 e. The number of halogens is 3. The summed E-state index contributed by atoms with van der Waals surface area (Å²) in [7, 11) is 0. The lowest BCUT2D eigenvalue weighted by Crippen LogP contribution is -2.46. The van der Waals surface area contributed by atoms with Crippen LogP contribution in [-0.4, -0.2) is 30.3 Å². The molecule has 0 fully saturated rings. The van der Waals surface area contributed by atoms with Crippen molar-refractivity contribution in [3.63, 3.8) is 0 Å². The number of benzene rings is 2. The highest BCUT2D eigenvalue weighted by Crippen LogP contribution is 2.39. The summed E-state index contributed by atoms with van der Waals surface area (Å²) < 4.78 is 12.5. The molecule has 0 radical (unpaired) electrons. The molecule has 0 saturated heterocycles. The van der Waals surface area contributed by atoms with Gasteiger partial charge in [0, 0.05) is 12.6 Å². The first-order valence-corrected chi connectivity index (χ1v) is 13.9. The van der Waals surface area contributed by atoms with Crippen LogP contribution in [0.15, 0.2) is 49.5 Å². The Bertz CT molecular complexity index is 1190. The van der Waals surface area contributed by atoms with Crippen molar-refractivity contribution in [2.75, 3.05) is 10.2 Å². The number of rotatable bonds is 10. The van der Waals surface area contributed by atoms with Gasteiger partial charge >= 0.3 is 11.9 Å². The molecule has 2 aromatic rings. The molecule has 0 aliphatic carbocycles. The van der Waals surface area contributed by atoms with Gasteiger partial charge in [-0.3, -0.25) is 14.4 Å². The van der Waals surface area contributed by atoms with Gasteiger partial charge in [-0.05, 0) is 76.0 Å². The van der Waals surface area contributed by atoms with Crippen LogP contribution in [0.3, 0.4) is 0 Å². The van der Waals surface area contributed by atoms with E-state index in [4.69, 9.17) is 21.1 Å². The average molecular weight is 675 g/mol. The second-order valence-corrected chi connectivity index (χ2v) is 11.1. The molecular formula is C26H31Br2ClN4O5. The topological polar surface area (TPSA) is 110 Å². The molecule has 2 atom stereocenters. The predicted molar refractivity (Wildman–Crippen MR) is 155 cm³/mol. The lowest BCUT2D eigenvalue weighted by atomic mass is 10.2. The van der Waals surface area contributed by atoms with Crippen molar-refractivity contribution in [2.24, 2.45) is 22.1 Å². The second-order valence-electron chi connectivity index (χ2n) is 9.07. The molecule has 0 aromatic heterocycles. The van der Waals surface area contributed by atoms with Gasteiger partial charge < -0.3 is 19.7 Å². The number of ether oxygens (including phenoxy) is 2. The minimum atomic E-state index is -0.792. The van der Waals surface area contributed by atoms with E-state index >= 15 is 0 Å². The zero-order valence-corrected chi connectivity index (χ0v) is 26.1. The van der Waals surface area contributed by atoms with Gasteiger partial charge in [-0.1, -0.05) is 39.3 Å². The molecule has 0 bridgehead atoms. The quantitative estimate of drug-likeness (QED) is 0.118. The third-order valence-electron chi connectivity index (χ3n) is 5.17. The Morgan fingerprint density at radius 2 is 1.34 bits per heavy atom. The number of amides is 1. The van der Waals surface area contributed by atoms with Gasteiger partial charge in [-0.25, -0.2) is 0 Å². The number of carbonyl (C=O) groups excluding carboxylic acids is 3. The summed E-state index contributed by atoms with van der Waals surface area (Å²) in [5.41, 5.74) is 1.78. The number of nitrogens with one attached hydrogen (secondary N) is 1. The van der Waals surface area contributed by atoms with E-state index in [0.717, 1.165) is 0 Å². The molecule has 2 rings (SSSR count). The van der Waals surface area contributed by atoms with Crippen molar-refractivity contribution >= 4 is 84.1 Å². The Morgan fingerprint density at radius 1 is 0.842 bits per heavy atom.